The number of halogens is 6. The van der Waals surface area contributed by atoms with E-state index in [1.807, 2.05) is 187 Å². The summed E-state index contributed by atoms with van der Waals surface area (Å²) in [6, 6.07) is 88.1. The lowest BCUT2D eigenvalue weighted by Crippen LogP contribution is -2.54. The van der Waals surface area contributed by atoms with Crippen molar-refractivity contribution >= 4 is 80.3 Å². The predicted molar refractivity (Wildman–Crippen MR) is 356 cm³/mol. The van der Waals surface area contributed by atoms with E-state index in [1.165, 1.54) is 24.3 Å². The second-order valence-corrected chi connectivity index (χ2v) is 21.6. The van der Waals surface area contributed by atoms with Gasteiger partial charge in [-0.25, -0.2) is 0 Å². The summed E-state index contributed by atoms with van der Waals surface area (Å²) in [7, 11) is 0. The second kappa shape index (κ2) is 25.2. The molecule has 11 aromatic carbocycles. The number of allylic oxidation sites excluding steroid dienone is 4. The minimum atomic E-state index is -5.83. The summed E-state index contributed by atoms with van der Waals surface area (Å²) in [6.07, 6.45) is -2.47. The van der Waals surface area contributed by atoms with E-state index in [2.05, 4.69) is 95.8 Å². The van der Waals surface area contributed by atoms with Crippen LogP contribution in [0.1, 0.15) is 40.7 Å². The molecule has 1 aliphatic rings. The second-order valence-electron chi connectivity index (χ2n) is 21.6. The molecule has 0 fully saturated rings. The minimum Gasteiger partial charge on any atom is -0.314 e. The van der Waals surface area contributed by atoms with E-state index in [4.69, 9.17) is 0 Å². The molecule has 0 aromatic heterocycles. The number of hydrogen-bond donors (Lipinski definition) is 0. The lowest BCUT2D eigenvalue weighted by Gasteiger charge is -2.39. The first kappa shape index (κ1) is 58.5. The number of rotatable bonds is 18. The standard InChI is InChI=1S/C79H60F6N4/c1-3-57-25-41-69(42-26-57)88(73-49-33-61(34-50-73)59-29-45-71(46-30-59)86(65-17-9-5-10-18-65)66-19-11-6-12-20-66)75-53-37-63(38-54-75)77(78(80,81)82,79(83,84)85)64-39-55-76(56-40-64)89(70-43-27-58(4-2)28-44-70)74-51-35-62(36-52-74)60-31-47-72(48-32-60)87(67-21-13-7-14-22-67)68-23-15-8-16-24-68/h3-31,33-47,49-56H,1-2,32,48H2. The molecule has 0 spiro atoms. The molecule has 0 heterocycles. The SMILES string of the molecule is C=Cc1ccc(N(c2ccc(C3=CC=C(N(c4ccccc4)c4ccccc4)CC3)cc2)c2ccc(C(c3ccc(N(c4ccc(C=C)cc4)c4ccc(-c5ccc(N(c6ccccc6)c6ccccc6)cc5)cc4)cc3)(C(F)(F)F)C(F)(F)F)cc2)cc1. The largest absolute Gasteiger partial charge is 0.411 e. The van der Waals surface area contributed by atoms with Crippen molar-refractivity contribution in [2.24, 2.45) is 0 Å². The molecule has 1 aliphatic carbocycles. The van der Waals surface area contributed by atoms with Crippen molar-refractivity contribution in [3.05, 3.63) is 350 Å². The first-order chi connectivity index (χ1) is 43.3. The van der Waals surface area contributed by atoms with Gasteiger partial charge in [0.1, 0.15) is 0 Å². The highest BCUT2D eigenvalue weighted by Gasteiger charge is 2.72. The van der Waals surface area contributed by atoms with Crippen molar-refractivity contribution in [1.82, 2.24) is 0 Å². The van der Waals surface area contributed by atoms with E-state index in [0.29, 0.717) is 34.1 Å². The van der Waals surface area contributed by atoms with Gasteiger partial charge in [-0.3, -0.25) is 0 Å². The summed E-state index contributed by atoms with van der Waals surface area (Å²) in [6.45, 7) is 7.76. The van der Waals surface area contributed by atoms with Crippen molar-refractivity contribution < 1.29 is 26.3 Å². The Hall–Kier alpha value is -10.8. The van der Waals surface area contributed by atoms with Gasteiger partial charge in [-0.05, 0) is 197 Å². The summed E-state index contributed by atoms with van der Waals surface area (Å²) < 4.78 is 96.0. The number of hydrogen-bond acceptors (Lipinski definition) is 4. The fourth-order valence-corrected chi connectivity index (χ4v) is 11.8. The van der Waals surface area contributed by atoms with Crippen LogP contribution in [0.5, 0.6) is 0 Å². The summed E-state index contributed by atoms with van der Waals surface area (Å²) in [5.74, 6) is 0. The molecule has 0 amide bonds. The van der Waals surface area contributed by atoms with Crippen LogP contribution in [0.15, 0.2) is 322 Å². The Labute approximate surface area is 515 Å². The zero-order chi connectivity index (χ0) is 61.5. The molecule has 4 nitrogen and oxygen atoms in total. The summed E-state index contributed by atoms with van der Waals surface area (Å²) in [5, 5.41) is 0. The number of nitrogens with zero attached hydrogens (tertiary/aromatic N) is 4. The normalized spacial score (nSPS) is 12.5. The van der Waals surface area contributed by atoms with Crippen LogP contribution in [0.2, 0.25) is 0 Å². The third kappa shape index (κ3) is 11.9. The van der Waals surface area contributed by atoms with E-state index >= 15 is 26.3 Å². The van der Waals surface area contributed by atoms with Crippen molar-refractivity contribution in [3.63, 3.8) is 0 Å². The van der Waals surface area contributed by atoms with Crippen LogP contribution in [0.25, 0.3) is 28.9 Å². The number of alkyl halides is 6. The molecule has 0 bridgehead atoms. The topological polar surface area (TPSA) is 13.0 Å². The Bertz CT molecular complexity index is 4150. The molecule has 10 heteroatoms. The summed E-state index contributed by atoms with van der Waals surface area (Å²) in [4.78, 5) is 8.04. The molecule has 438 valence electrons. The average molecular weight is 1180 g/mol. The Morgan fingerprint density at radius 3 is 0.798 bits per heavy atom. The molecule has 0 unspecified atom stereocenters. The third-order valence-electron chi connectivity index (χ3n) is 16.3. The van der Waals surface area contributed by atoms with Gasteiger partial charge in [0.15, 0.2) is 0 Å². The van der Waals surface area contributed by atoms with Gasteiger partial charge in [-0.2, -0.15) is 26.3 Å². The monoisotopic (exact) mass is 1180 g/mol. The van der Waals surface area contributed by atoms with Gasteiger partial charge in [-0.15, -0.1) is 0 Å². The lowest BCUT2D eigenvalue weighted by molar-refractivity contribution is -0.288. The highest BCUT2D eigenvalue weighted by Crippen LogP contribution is 2.57. The number of benzene rings is 11. The van der Waals surface area contributed by atoms with Crippen LogP contribution >= 0.6 is 0 Å². The van der Waals surface area contributed by atoms with Gasteiger partial charge < -0.3 is 19.6 Å². The van der Waals surface area contributed by atoms with Crippen molar-refractivity contribution in [2.75, 3.05) is 19.6 Å². The fraction of sp³-hybridized carbons (Fsp3) is 0.0633. The van der Waals surface area contributed by atoms with E-state index in [1.54, 1.807) is 17.1 Å². The molecule has 12 rings (SSSR count). The van der Waals surface area contributed by atoms with Crippen LogP contribution in [0.4, 0.5) is 88.9 Å². The van der Waals surface area contributed by atoms with E-state index < -0.39 is 28.9 Å². The van der Waals surface area contributed by atoms with Crippen LogP contribution in [-0.2, 0) is 5.41 Å². The maximum atomic E-state index is 16.0. The highest BCUT2D eigenvalue weighted by atomic mass is 19.4. The molecule has 0 radical (unpaired) electrons. The van der Waals surface area contributed by atoms with Gasteiger partial charge in [0, 0.05) is 68.3 Å². The van der Waals surface area contributed by atoms with E-state index in [0.717, 1.165) is 105 Å². The van der Waals surface area contributed by atoms with Gasteiger partial charge in [0.05, 0.1) is 0 Å². The molecule has 0 N–H and O–H groups in total. The van der Waals surface area contributed by atoms with Gasteiger partial charge in [0.25, 0.3) is 0 Å². The molecular formula is C79H60F6N4. The van der Waals surface area contributed by atoms with Crippen molar-refractivity contribution in [2.45, 2.75) is 30.6 Å². The molecule has 0 atom stereocenters. The van der Waals surface area contributed by atoms with Crippen LogP contribution in [-0.4, -0.2) is 12.4 Å². The van der Waals surface area contributed by atoms with Gasteiger partial charge in [-0.1, -0.05) is 189 Å². The molecular weight excluding hydrogens is 1120 g/mol. The Morgan fingerprint density at radius 2 is 0.528 bits per heavy atom. The van der Waals surface area contributed by atoms with Crippen LogP contribution in [0, 0.1) is 0 Å². The summed E-state index contributed by atoms with van der Waals surface area (Å²) >= 11 is 0. The molecule has 11 aromatic rings. The van der Waals surface area contributed by atoms with Crippen molar-refractivity contribution in [3.8, 4) is 11.1 Å². The molecule has 0 aliphatic heterocycles. The molecule has 0 saturated carbocycles. The van der Waals surface area contributed by atoms with E-state index in [9.17, 15) is 0 Å². The maximum Gasteiger partial charge on any atom is 0.411 e. The minimum absolute atomic E-state index is 0.343. The van der Waals surface area contributed by atoms with E-state index in [-0.39, 0.29) is 0 Å². The van der Waals surface area contributed by atoms with Crippen LogP contribution < -0.4 is 19.6 Å². The highest BCUT2D eigenvalue weighted by molar-refractivity contribution is 5.83. The fourth-order valence-electron chi connectivity index (χ4n) is 11.8. The Kier molecular flexibility index (Phi) is 16.6. The van der Waals surface area contributed by atoms with Crippen molar-refractivity contribution in [1.29, 1.82) is 0 Å². The maximum absolute atomic E-state index is 16.0. The Balaban J connectivity index is 0.852. The smallest absolute Gasteiger partial charge is 0.314 e. The average Bonchev–Trinajstić information content (AvgIpc) is 0.798. The zero-order valence-electron chi connectivity index (χ0n) is 48.4. The van der Waals surface area contributed by atoms with Gasteiger partial charge >= 0.3 is 12.4 Å². The lowest BCUT2D eigenvalue weighted by atomic mass is 9.72. The number of anilines is 11. The van der Waals surface area contributed by atoms with Gasteiger partial charge in [0.2, 0.25) is 5.41 Å². The number of para-hydroxylation sites is 4. The molecule has 0 saturated heterocycles. The first-order valence-electron chi connectivity index (χ1n) is 29.2. The predicted octanol–water partition coefficient (Wildman–Crippen LogP) is 23.4. The quantitative estimate of drug-likeness (QED) is 0.0794. The third-order valence-corrected chi connectivity index (χ3v) is 16.3. The zero-order valence-corrected chi connectivity index (χ0v) is 48.4. The summed E-state index contributed by atoms with van der Waals surface area (Å²) in [5.41, 5.74) is 8.70. The Morgan fingerprint density at radius 1 is 0.270 bits per heavy atom. The first-order valence-corrected chi connectivity index (χ1v) is 29.2. The molecule has 89 heavy (non-hydrogen) atoms. The van der Waals surface area contributed by atoms with Crippen LogP contribution in [0.3, 0.4) is 0 Å².